The Bertz CT molecular complexity index is 850. The molecule has 1 heterocycles. The Kier molecular flexibility index (Phi) is 6.83. The van der Waals surface area contributed by atoms with Crippen molar-refractivity contribution in [2.45, 2.75) is 33.5 Å². The molecule has 0 atom stereocenters. The Morgan fingerprint density at radius 3 is 2.41 bits per heavy atom. The molecule has 4 nitrogen and oxygen atoms in total. The van der Waals surface area contributed by atoms with Crippen molar-refractivity contribution in [1.29, 1.82) is 0 Å². The summed E-state index contributed by atoms with van der Waals surface area (Å²) in [5.41, 5.74) is 4.76. The van der Waals surface area contributed by atoms with Gasteiger partial charge in [-0.15, -0.1) is 0 Å². The number of pyridine rings is 1. The van der Waals surface area contributed by atoms with E-state index >= 15 is 0 Å². The molecule has 0 aliphatic carbocycles. The number of nitrogens with zero attached hydrogens (tertiary/aromatic N) is 1. The monoisotopic (exact) mass is 362 g/mol. The number of ether oxygens (including phenoxy) is 2. The number of nitrogens with one attached hydrogen (secondary N) is 1. The Hall–Kier alpha value is -2.85. The quantitative estimate of drug-likeness (QED) is 0.601. The second kappa shape index (κ2) is 9.74. The third-order valence-corrected chi connectivity index (χ3v) is 4.19. The van der Waals surface area contributed by atoms with Gasteiger partial charge in [0.1, 0.15) is 6.61 Å². The average Bonchev–Trinajstić information content (AvgIpc) is 2.68. The molecule has 140 valence electrons. The molecule has 4 heteroatoms. The SMILES string of the molecule is CCOc1cc(CNCc2ccncc2)ccc1OCc1cccc(C)c1. The highest BCUT2D eigenvalue weighted by Gasteiger charge is 2.07. The topological polar surface area (TPSA) is 43.4 Å². The fourth-order valence-corrected chi connectivity index (χ4v) is 2.86. The van der Waals surface area contributed by atoms with Crippen molar-refractivity contribution in [3.63, 3.8) is 0 Å². The lowest BCUT2D eigenvalue weighted by molar-refractivity contribution is 0.269. The lowest BCUT2D eigenvalue weighted by Crippen LogP contribution is -2.13. The molecular weight excluding hydrogens is 336 g/mol. The first-order valence-corrected chi connectivity index (χ1v) is 9.28. The van der Waals surface area contributed by atoms with Gasteiger partial charge in [0.2, 0.25) is 0 Å². The molecule has 0 amide bonds. The Balaban J connectivity index is 1.61. The molecule has 1 N–H and O–H groups in total. The molecule has 2 aromatic carbocycles. The van der Waals surface area contributed by atoms with Crippen LogP contribution in [-0.2, 0) is 19.7 Å². The Morgan fingerprint density at radius 1 is 0.815 bits per heavy atom. The van der Waals surface area contributed by atoms with Crippen molar-refractivity contribution >= 4 is 0 Å². The minimum Gasteiger partial charge on any atom is -0.490 e. The third kappa shape index (κ3) is 5.83. The summed E-state index contributed by atoms with van der Waals surface area (Å²) < 4.78 is 11.8. The molecule has 3 aromatic rings. The highest BCUT2D eigenvalue weighted by Crippen LogP contribution is 2.29. The fourth-order valence-electron chi connectivity index (χ4n) is 2.86. The van der Waals surface area contributed by atoms with E-state index in [1.807, 2.05) is 37.5 Å². The van der Waals surface area contributed by atoms with Crippen molar-refractivity contribution in [1.82, 2.24) is 10.3 Å². The minimum atomic E-state index is 0.529. The van der Waals surface area contributed by atoms with E-state index in [4.69, 9.17) is 9.47 Å². The number of rotatable bonds is 9. The molecule has 0 saturated carbocycles. The first kappa shape index (κ1) is 18.9. The van der Waals surface area contributed by atoms with Crippen LogP contribution in [0.1, 0.15) is 29.2 Å². The first-order valence-electron chi connectivity index (χ1n) is 9.28. The Labute approximate surface area is 161 Å². The molecule has 0 aliphatic rings. The van der Waals surface area contributed by atoms with Crippen LogP contribution >= 0.6 is 0 Å². The number of aromatic nitrogens is 1. The van der Waals surface area contributed by atoms with Crippen molar-refractivity contribution in [3.05, 3.63) is 89.2 Å². The van der Waals surface area contributed by atoms with Crippen LogP contribution < -0.4 is 14.8 Å². The zero-order valence-corrected chi connectivity index (χ0v) is 15.9. The molecule has 0 radical (unpaired) electrons. The van der Waals surface area contributed by atoms with E-state index in [1.54, 1.807) is 0 Å². The van der Waals surface area contributed by atoms with Gasteiger partial charge in [-0.2, -0.15) is 0 Å². The average molecular weight is 362 g/mol. The molecule has 27 heavy (non-hydrogen) atoms. The van der Waals surface area contributed by atoms with Gasteiger partial charge < -0.3 is 14.8 Å². The zero-order chi connectivity index (χ0) is 18.9. The largest absolute Gasteiger partial charge is 0.490 e. The summed E-state index contributed by atoms with van der Waals surface area (Å²) in [7, 11) is 0. The van der Waals surface area contributed by atoms with Crippen LogP contribution in [0.2, 0.25) is 0 Å². The normalized spacial score (nSPS) is 10.6. The highest BCUT2D eigenvalue weighted by atomic mass is 16.5. The molecule has 0 saturated heterocycles. The number of benzene rings is 2. The zero-order valence-electron chi connectivity index (χ0n) is 15.9. The smallest absolute Gasteiger partial charge is 0.161 e. The molecule has 1 aromatic heterocycles. The number of hydrogen-bond donors (Lipinski definition) is 1. The fraction of sp³-hybridized carbons (Fsp3) is 0.261. The lowest BCUT2D eigenvalue weighted by atomic mass is 10.1. The van der Waals surface area contributed by atoms with Crippen LogP contribution in [-0.4, -0.2) is 11.6 Å². The van der Waals surface area contributed by atoms with E-state index < -0.39 is 0 Å². The van der Waals surface area contributed by atoms with Crippen LogP contribution in [0.3, 0.4) is 0 Å². The summed E-state index contributed by atoms with van der Waals surface area (Å²) in [5, 5.41) is 3.45. The van der Waals surface area contributed by atoms with Gasteiger partial charge in [-0.05, 0) is 54.8 Å². The molecular formula is C23H26N2O2. The van der Waals surface area contributed by atoms with E-state index in [0.717, 1.165) is 35.7 Å². The summed E-state index contributed by atoms with van der Waals surface area (Å²) in [4.78, 5) is 4.04. The van der Waals surface area contributed by atoms with Crippen molar-refractivity contribution in [2.24, 2.45) is 0 Å². The van der Waals surface area contributed by atoms with E-state index in [-0.39, 0.29) is 0 Å². The van der Waals surface area contributed by atoms with Gasteiger partial charge in [0, 0.05) is 25.5 Å². The molecule has 3 rings (SSSR count). The first-order chi connectivity index (χ1) is 13.2. The van der Waals surface area contributed by atoms with E-state index in [1.165, 1.54) is 11.1 Å². The highest BCUT2D eigenvalue weighted by molar-refractivity contribution is 5.43. The van der Waals surface area contributed by atoms with Crippen molar-refractivity contribution in [3.8, 4) is 11.5 Å². The van der Waals surface area contributed by atoms with E-state index in [2.05, 4.69) is 53.6 Å². The molecule has 0 spiro atoms. The van der Waals surface area contributed by atoms with Gasteiger partial charge in [0.25, 0.3) is 0 Å². The predicted octanol–water partition coefficient (Wildman–Crippen LogP) is 4.66. The van der Waals surface area contributed by atoms with E-state index in [9.17, 15) is 0 Å². The van der Waals surface area contributed by atoms with Gasteiger partial charge in [-0.25, -0.2) is 0 Å². The van der Waals surface area contributed by atoms with Crippen molar-refractivity contribution in [2.75, 3.05) is 6.61 Å². The lowest BCUT2D eigenvalue weighted by Gasteiger charge is -2.14. The summed E-state index contributed by atoms with van der Waals surface area (Å²) in [6.45, 7) is 6.77. The molecule has 0 aliphatic heterocycles. The standard InChI is InChI=1S/C23H26N2O2/c1-3-26-23-14-20(16-25-15-19-9-11-24-12-10-19)7-8-22(23)27-17-21-6-4-5-18(2)13-21/h4-14,25H,3,15-17H2,1-2H3. The predicted molar refractivity (Wildman–Crippen MR) is 108 cm³/mol. The second-order valence-corrected chi connectivity index (χ2v) is 6.45. The van der Waals surface area contributed by atoms with Crippen LogP contribution in [0.25, 0.3) is 0 Å². The summed E-state index contributed by atoms with van der Waals surface area (Å²) >= 11 is 0. The van der Waals surface area contributed by atoms with Crippen LogP contribution in [0, 0.1) is 6.92 Å². The van der Waals surface area contributed by atoms with Gasteiger partial charge >= 0.3 is 0 Å². The summed E-state index contributed by atoms with van der Waals surface area (Å²) in [5.74, 6) is 1.56. The third-order valence-electron chi connectivity index (χ3n) is 4.19. The maximum atomic E-state index is 6.01. The maximum Gasteiger partial charge on any atom is 0.161 e. The van der Waals surface area contributed by atoms with E-state index in [0.29, 0.717) is 13.2 Å². The van der Waals surface area contributed by atoms with Gasteiger partial charge in [-0.3, -0.25) is 4.98 Å². The van der Waals surface area contributed by atoms with Gasteiger partial charge in [0.15, 0.2) is 11.5 Å². The van der Waals surface area contributed by atoms with Crippen LogP contribution in [0.5, 0.6) is 11.5 Å². The maximum absolute atomic E-state index is 6.01. The number of aryl methyl sites for hydroxylation is 1. The van der Waals surface area contributed by atoms with Gasteiger partial charge in [0.05, 0.1) is 6.61 Å². The summed E-state index contributed by atoms with van der Waals surface area (Å²) in [6, 6.07) is 18.5. The number of hydrogen-bond acceptors (Lipinski definition) is 4. The molecule has 0 bridgehead atoms. The van der Waals surface area contributed by atoms with Gasteiger partial charge in [-0.1, -0.05) is 35.9 Å². The van der Waals surface area contributed by atoms with Crippen LogP contribution in [0.4, 0.5) is 0 Å². The Morgan fingerprint density at radius 2 is 1.63 bits per heavy atom. The molecule has 0 fully saturated rings. The van der Waals surface area contributed by atoms with Crippen molar-refractivity contribution < 1.29 is 9.47 Å². The molecule has 0 unspecified atom stereocenters. The van der Waals surface area contributed by atoms with Crippen LogP contribution in [0.15, 0.2) is 67.0 Å². The summed E-state index contributed by atoms with van der Waals surface area (Å²) in [6.07, 6.45) is 3.62. The minimum absolute atomic E-state index is 0.529. The second-order valence-electron chi connectivity index (χ2n) is 6.45.